The molecule has 0 aliphatic carbocycles. The van der Waals surface area contributed by atoms with Gasteiger partial charge in [-0.05, 0) is 36.4 Å². The molecule has 160 valence electrons. The Hall–Kier alpha value is -3.53. The molecule has 1 fully saturated rings. The van der Waals surface area contributed by atoms with Gasteiger partial charge in [0.2, 0.25) is 0 Å². The number of aromatic nitrogens is 1. The number of nitrogens with one attached hydrogen (secondary N) is 2. The highest BCUT2D eigenvalue weighted by molar-refractivity contribution is 7.14. The predicted octanol–water partition coefficient (Wildman–Crippen LogP) is 4.03. The number of carbonyl (C=O) groups excluding carboxylic acids is 2. The molecule has 3 aromatic rings. The van der Waals surface area contributed by atoms with Crippen LogP contribution < -0.4 is 15.5 Å². The first-order chi connectivity index (χ1) is 15.0. The molecule has 0 saturated carbocycles. The van der Waals surface area contributed by atoms with E-state index in [9.17, 15) is 18.4 Å². The second-order valence-corrected chi connectivity index (χ2v) is 7.71. The Morgan fingerprint density at radius 2 is 1.65 bits per heavy atom. The fourth-order valence-corrected chi connectivity index (χ4v) is 3.92. The molecule has 1 aliphatic heterocycles. The maximum Gasteiger partial charge on any atom is 0.325 e. The Kier molecular flexibility index (Phi) is 6.08. The van der Waals surface area contributed by atoms with Crippen molar-refractivity contribution in [2.24, 2.45) is 0 Å². The van der Waals surface area contributed by atoms with Crippen molar-refractivity contribution >= 4 is 39.8 Å². The van der Waals surface area contributed by atoms with E-state index in [1.54, 1.807) is 28.5 Å². The second kappa shape index (κ2) is 9.09. The topological polar surface area (TPSA) is 77.6 Å². The summed E-state index contributed by atoms with van der Waals surface area (Å²) in [6.07, 6.45) is 0. The zero-order valence-electron chi connectivity index (χ0n) is 16.3. The molecule has 2 N–H and O–H groups in total. The average molecular weight is 443 g/mol. The second-order valence-electron chi connectivity index (χ2n) is 6.85. The normalized spacial score (nSPS) is 13.7. The molecule has 10 heteroatoms. The van der Waals surface area contributed by atoms with Crippen LogP contribution in [0.15, 0.2) is 53.9 Å². The number of para-hydroxylation sites is 1. The number of anilines is 3. The quantitative estimate of drug-likeness (QED) is 0.638. The van der Waals surface area contributed by atoms with Crippen LogP contribution in [0, 0.1) is 11.6 Å². The number of piperazine rings is 1. The summed E-state index contributed by atoms with van der Waals surface area (Å²) in [4.78, 5) is 32.6. The number of thiazole rings is 1. The maximum absolute atomic E-state index is 14.0. The molecule has 3 amide bonds. The maximum atomic E-state index is 14.0. The fraction of sp³-hybridized carbons (Fsp3) is 0.190. The van der Waals surface area contributed by atoms with Crippen molar-refractivity contribution < 1.29 is 18.4 Å². The van der Waals surface area contributed by atoms with E-state index in [2.05, 4.69) is 15.6 Å². The third kappa shape index (κ3) is 4.97. The predicted molar refractivity (Wildman–Crippen MR) is 116 cm³/mol. The highest BCUT2D eigenvalue weighted by atomic mass is 32.1. The zero-order chi connectivity index (χ0) is 21.8. The molecule has 0 radical (unpaired) electrons. The molecule has 4 rings (SSSR count). The number of carbonyl (C=O) groups is 2. The van der Waals surface area contributed by atoms with Crippen LogP contribution >= 0.6 is 11.3 Å². The summed E-state index contributed by atoms with van der Waals surface area (Å²) >= 11 is 1.13. The number of benzene rings is 2. The highest BCUT2D eigenvalue weighted by Crippen LogP contribution is 2.22. The van der Waals surface area contributed by atoms with Gasteiger partial charge in [0.1, 0.15) is 17.3 Å². The van der Waals surface area contributed by atoms with E-state index in [1.807, 2.05) is 4.90 Å². The van der Waals surface area contributed by atoms with E-state index in [-0.39, 0.29) is 22.5 Å². The first-order valence-corrected chi connectivity index (χ1v) is 10.5. The minimum Gasteiger partial charge on any atom is -0.366 e. The van der Waals surface area contributed by atoms with Crippen molar-refractivity contribution in [1.82, 2.24) is 9.88 Å². The van der Waals surface area contributed by atoms with Crippen LogP contribution in [0.4, 0.5) is 30.1 Å². The monoisotopic (exact) mass is 443 g/mol. The Morgan fingerprint density at radius 1 is 0.935 bits per heavy atom. The molecule has 2 aromatic carbocycles. The lowest BCUT2D eigenvalue weighted by Gasteiger charge is -2.35. The fourth-order valence-electron chi connectivity index (χ4n) is 3.24. The van der Waals surface area contributed by atoms with Gasteiger partial charge in [-0.3, -0.25) is 10.1 Å². The van der Waals surface area contributed by atoms with Gasteiger partial charge >= 0.3 is 6.03 Å². The highest BCUT2D eigenvalue weighted by Gasteiger charge is 2.25. The van der Waals surface area contributed by atoms with Gasteiger partial charge in [0.15, 0.2) is 5.13 Å². The molecule has 0 bridgehead atoms. The molecule has 0 unspecified atom stereocenters. The zero-order valence-corrected chi connectivity index (χ0v) is 17.2. The molecule has 2 heterocycles. The Labute approximate surface area is 181 Å². The van der Waals surface area contributed by atoms with Crippen molar-refractivity contribution in [3.8, 4) is 0 Å². The van der Waals surface area contributed by atoms with Gasteiger partial charge in [0, 0.05) is 37.2 Å². The summed E-state index contributed by atoms with van der Waals surface area (Å²) in [5.41, 5.74) is 1.20. The number of halogens is 2. The van der Waals surface area contributed by atoms with Crippen LogP contribution in [0.25, 0.3) is 0 Å². The Morgan fingerprint density at radius 3 is 2.35 bits per heavy atom. The lowest BCUT2D eigenvalue weighted by Crippen LogP contribution is -2.49. The van der Waals surface area contributed by atoms with Gasteiger partial charge in [-0.1, -0.05) is 12.1 Å². The summed E-state index contributed by atoms with van der Waals surface area (Å²) in [7, 11) is 0. The smallest absolute Gasteiger partial charge is 0.325 e. The number of hydrogen-bond donors (Lipinski definition) is 2. The molecule has 1 aromatic heterocycles. The van der Waals surface area contributed by atoms with Crippen molar-refractivity contribution in [3.63, 3.8) is 0 Å². The van der Waals surface area contributed by atoms with Gasteiger partial charge in [0.05, 0.1) is 5.69 Å². The lowest BCUT2D eigenvalue weighted by molar-refractivity contribution is 0.0741. The van der Waals surface area contributed by atoms with Crippen LogP contribution in [0.5, 0.6) is 0 Å². The average Bonchev–Trinajstić information content (AvgIpc) is 3.23. The number of urea groups is 1. The van der Waals surface area contributed by atoms with Crippen LogP contribution in [0.2, 0.25) is 0 Å². The molecule has 31 heavy (non-hydrogen) atoms. The van der Waals surface area contributed by atoms with Crippen LogP contribution in [0.3, 0.4) is 0 Å². The molecular weight excluding hydrogens is 424 g/mol. The number of amides is 3. The van der Waals surface area contributed by atoms with Gasteiger partial charge in [-0.15, -0.1) is 11.3 Å². The number of hydrogen-bond acceptors (Lipinski definition) is 5. The summed E-state index contributed by atoms with van der Waals surface area (Å²) in [6.45, 7) is 1.92. The Bertz CT molecular complexity index is 1080. The van der Waals surface area contributed by atoms with Gasteiger partial charge < -0.3 is 15.1 Å². The van der Waals surface area contributed by atoms with E-state index in [0.717, 1.165) is 11.3 Å². The first kappa shape index (κ1) is 20.7. The van der Waals surface area contributed by atoms with E-state index >= 15 is 0 Å². The molecule has 1 saturated heterocycles. The lowest BCUT2D eigenvalue weighted by atomic mass is 10.2. The minimum absolute atomic E-state index is 0.237. The van der Waals surface area contributed by atoms with Gasteiger partial charge in [-0.2, -0.15) is 0 Å². The third-order valence-corrected chi connectivity index (χ3v) is 5.56. The molecule has 7 nitrogen and oxygen atoms in total. The van der Waals surface area contributed by atoms with E-state index < -0.39 is 11.8 Å². The third-order valence-electron chi connectivity index (χ3n) is 4.81. The molecule has 1 aliphatic rings. The van der Waals surface area contributed by atoms with Crippen LogP contribution in [0.1, 0.15) is 10.5 Å². The molecular formula is C21H19F2N5O2S. The minimum atomic E-state index is -0.543. The summed E-state index contributed by atoms with van der Waals surface area (Å²) in [6, 6.07) is 11.4. The van der Waals surface area contributed by atoms with Crippen molar-refractivity contribution in [1.29, 1.82) is 0 Å². The van der Waals surface area contributed by atoms with Crippen molar-refractivity contribution in [2.45, 2.75) is 0 Å². The first-order valence-electron chi connectivity index (χ1n) is 9.57. The van der Waals surface area contributed by atoms with Gasteiger partial charge in [-0.25, -0.2) is 18.6 Å². The standard InChI is InChI=1S/C21H19F2N5O2S/c22-14-5-7-15(8-6-14)24-20(30)26-21-25-17(13-31-21)19(29)28-11-9-27(10-12-28)18-4-2-1-3-16(18)23/h1-8,13H,9-12H2,(H2,24,25,26,30). The van der Waals surface area contributed by atoms with Gasteiger partial charge in [0.25, 0.3) is 5.91 Å². The summed E-state index contributed by atoms with van der Waals surface area (Å²) in [5, 5.41) is 6.98. The molecule has 0 spiro atoms. The SMILES string of the molecule is O=C(Nc1ccc(F)cc1)Nc1nc(C(=O)N2CCN(c3ccccc3F)CC2)cs1. The van der Waals surface area contributed by atoms with Crippen LogP contribution in [-0.4, -0.2) is 48.0 Å². The Balaban J connectivity index is 1.31. The largest absolute Gasteiger partial charge is 0.366 e. The molecule has 0 atom stereocenters. The van der Waals surface area contributed by atoms with Crippen molar-refractivity contribution in [2.75, 3.05) is 41.7 Å². The number of nitrogens with zero attached hydrogens (tertiary/aromatic N) is 3. The van der Waals surface area contributed by atoms with Crippen molar-refractivity contribution in [3.05, 3.63) is 71.2 Å². The summed E-state index contributed by atoms with van der Waals surface area (Å²) in [5.74, 6) is -0.920. The van der Waals surface area contributed by atoms with E-state index in [1.165, 1.54) is 30.3 Å². The van der Waals surface area contributed by atoms with E-state index in [4.69, 9.17) is 0 Å². The van der Waals surface area contributed by atoms with E-state index in [0.29, 0.717) is 37.6 Å². The van der Waals surface area contributed by atoms with Crippen LogP contribution in [-0.2, 0) is 0 Å². The number of rotatable bonds is 4. The summed E-state index contributed by atoms with van der Waals surface area (Å²) < 4.78 is 26.9.